The number of nitrogens with one attached hydrogen (secondary N) is 3. The molecule has 6 nitrogen and oxygen atoms in total. The van der Waals surface area contributed by atoms with Gasteiger partial charge in [-0.25, -0.2) is 0 Å². The van der Waals surface area contributed by atoms with Gasteiger partial charge in [0.1, 0.15) is 0 Å². The lowest BCUT2D eigenvalue weighted by atomic mass is 9.98. The molecular weight excluding hydrogens is 304 g/mol. The van der Waals surface area contributed by atoms with Gasteiger partial charge < -0.3 is 16.0 Å². The van der Waals surface area contributed by atoms with Crippen molar-refractivity contribution in [2.75, 3.05) is 17.2 Å². The molecule has 1 aliphatic rings. The number of fused-ring (bicyclic) bond motifs is 1. The van der Waals surface area contributed by atoms with E-state index in [9.17, 15) is 9.59 Å². The molecular formula is C18H20N4O2. The third-order valence-electron chi connectivity index (χ3n) is 4.04. The highest BCUT2D eigenvalue weighted by Crippen LogP contribution is 2.26. The quantitative estimate of drug-likeness (QED) is 0.788. The first-order valence-electron chi connectivity index (χ1n) is 7.98. The molecule has 0 saturated carbocycles. The zero-order valence-electron chi connectivity index (χ0n) is 13.5. The highest BCUT2D eigenvalue weighted by molar-refractivity contribution is 5.94. The minimum Gasteiger partial charge on any atom is -0.326 e. The van der Waals surface area contributed by atoms with Gasteiger partial charge in [0, 0.05) is 24.3 Å². The number of pyridine rings is 1. The summed E-state index contributed by atoms with van der Waals surface area (Å²) in [4.78, 5) is 27.3. The van der Waals surface area contributed by atoms with Crippen LogP contribution in [0.15, 0.2) is 42.7 Å². The maximum Gasteiger partial charge on any atom is 0.238 e. The average Bonchev–Trinajstić information content (AvgIpc) is 2.60. The Morgan fingerprint density at radius 1 is 1.33 bits per heavy atom. The fourth-order valence-electron chi connectivity index (χ4n) is 2.68. The Labute approximate surface area is 140 Å². The van der Waals surface area contributed by atoms with Crippen molar-refractivity contribution in [1.29, 1.82) is 0 Å². The van der Waals surface area contributed by atoms with Crippen LogP contribution in [0.1, 0.15) is 30.5 Å². The largest absolute Gasteiger partial charge is 0.326 e. The second-order valence-corrected chi connectivity index (χ2v) is 5.86. The molecule has 124 valence electrons. The lowest BCUT2D eigenvalue weighted by Gasteiger charge is -2.20. The average molecular weight is 324 g/mol. The lowest BCUT2D eigenvalue weighted by Crippen LogP contribution is -2.30. The van der Waals surface area contributed by atoms with E-state index in [4.69, 9.17) is 0 Å². The first kappa shape index (κ1) is 16.1. The van der Waals surface area contributed by atoms with Gasteiger partial charge in [-0.1, -0.05) is 12.1 Å². The number of hydrogen-bond acceptors (Lipinski definition) is 4. The number of amides is 2. The molecule has 0 fully saturated rings. The Kier molecular flexibility index (Phi) is 4.86. The molecule has 24 heavy (non-hydrogen) atoms. The first-order valence-corrected chi connectivity index (χ1v) is 7.98. The van der Waals surface area contributed by atoms with Crippen molar-refractivity contribution in [2.45, 2.75) is 25.8 Å². The molecule has 0 saturated heterocycles. The molecule has 3 rings (SSSR count). The van der Waals surface area contributed by atoms with Gasteiger partial charge in [-0.05, 0) is 42.7 Å². The zero-order valence-corrected chi connectivity index (χ0v) is 13.5. The smallest absolute Gasteiger partial charge is 0.238 e. The molecule has 2 heterocycles. The molecule has 3 N–H and O–H groups in total. The molecule has 6 heteroatoms. The highest BCUT2D eigenvalue weighted by atomic mass is 16.2. The summed E-state index contributed by atoms with van der Waals surface area (Å²) in [7, 11) is 0. The van der Waals surface area contributed by atoms with E-state index in [2.05, 4.69) is 27.0 Å². The molecule has 1 aliphatic heterocycles. The van der Waals surface area contributed by atoms with Crippen LogP contribution >= 0.6 is 0 Å². The molecule has 0 radical (unpaired) electrons. The minimum absolute atomic E-state index is 0.0348. The van der Waals surface area contributed by atoms with Crippen LogP contribution in [-0.2, 0) is 16.0 Å². The maximum absolute atomic E-state index is 12.0. The van der Waals surface area contributed by atoms with Crippen LogP contribution < -0.4 is 16.0 Å². The Morgan fingerprint density at radius 2 is 2.21 bits per heavy atom. The van der Waals surface area contributed by atoms with Crippen LogP contribution in [0.2, 0.25) is 0 Å². The summed E-state index contributed by atoms with van der Waals surface area (Å²) in [6.07, 6.45) is 4.54. The van der Waals surface area contributed by atoms with Crippen LogP contribution in [0.5, 0.6) is 0 Å². The Morgan fingerprint density at radius 3 is 3.00 bits per heavy atom. The third kappa shape index (κ3) is 3.97. The monoisotopic (exact) mass is 324 g/mol. The molecule has 2 amide bonds. The lowest BCUT2D eigenvalue weighted by molar-refractivity contribution is -0.116. The molecule has 1 aromatic carbocycles. The van der Waals surface area contributed by atoms with Crippen LogP contribution in [0.25, 0.3) is 0 Å². The predicted octanol–water partition coefficient (Wildman–Crippen LogP) is 2.26. The zero-order chi connectivity index (χ0) is 16.9. The number of rotatable bonds is 5. The van der Waals surface area contributed by atoms with Gasteiger partial charge in [-0.3, -0.25) is 14.6 Å². The van der Waals surface area contributed by atoms with E-state index >= 15 is 0 Å². The van der Waals surface area contributed by atoms with Crippen molar-refractivity contribution < 1.29 is 9.59 Å². The number of carbonyl (C=O) groups is 2. The van der Waals surface area contributed by atoms with Crippen molar-refractivity contribution in [3.63, 3.8) is 0 Å². The number of aromatic nitrogens is 1. The fraction of sp³-hybridized carbons (Fsp3) is 0.278. The van der Waals surface area contributed by atoms with Crippen molar-refractivity contribution in [3.8, 4) is 0 Å². The van der Waals surface area contributed by atoms with E-state index in [0.717, 1.165) is 23.2 Å². The van der Waals surface area contributed by atoms with Crippen LogP contribution in [0.3, 0.4) is 0 Å². The Hall–Kier alpha value is -2.73. The van der Waals surface area contributed by atoms with Gasteiger partial charge in [-0.15, -0.1) is 0 Å². The topological polar surface area (TPSA) is 83.1 Å². The number of aryl methyl sites for hydroxylation is 1. The molecule has 0 spiro atoms. The summed E-state index contributed by atoms with van der Waals surface area (Å²) in [5.74, 6) is -0.0476. The first-order chi connectivity index (χ1) is 11.6. The van der Waals surface area contributed by atoms with Crippen molar-refractivity contribution in [3.05, 3.63) is 53.9 Å². The SMILES string of the molecule is C[C@H](NCC(=O)Nc1cccnc1)c1ccc2c(c1)CCC(=O)N2. The van der Waals surface area contributed by atoms with E-state index in [1.165, 1.54) is 0 Å². The van der Waals surface area contributed by atoms with Crippen LogP contribution in [0, 0.1) is 0 Å². The molecule has 2 aromatic rings. The van der Waals surface area contributed by atoms with Crippen molar-refractivity contribution in [1.82, 2.24) is 10.3 Å². The molecule has 0 unspecified atom stereocenters. The normalized spacial score (nSPS) is 14.5. The van der Waals surface area contributed by atoms with E-state index in [0.29, 0.717) is 12.1 Å². The standard InChI is InChI=1S/C18H20N4O2/c1-12(20-11-18(24)21-15-3-2-8-19-10-15)13-4-6-16-14(9-13)5-7-17(23)22-16/h2-4,6,8-10,12,20H,5,7,11H2,1H3,(H,21,24)(H,22,23)/t12-/m0/s1. The number of anilines is 2. The third-order valence-corrected chi connectivity index (χ3v) is 4.04. The molecule has 1 atom stereocenters. The predicted molar refractivity (Wildman–Crippen MR) is 92.7 cm³/mol. The Balaban J connectivity index is 1.56. The van der Waals surface area contributed by atoms with Crippen LogP contribution in [0.4, 0.5) is 11.4 Å². The summed E-state index contributed by atoms with van der Waals surface area (Å²) in [6, 6.07) is 9.60. The van der Waals surface area contributed by atoms with Gasteiger partial charge in [-0.2, -0.15) is 0 Å². The fourth-order valence-corrected chi connectivity index (χ4v) is 2.68. The second-order valence-electron chi connectivity index (χ2n) is 5.86. The van der Waals surface area contributed by atoms with Gasteiger partial charge in [0.05, 0.1) is 18.4 Å². The number of benzene rings is 1. The minimum atomic E-state index is -0.111. The number of carbonyl (C=O) groups excluding carboxylic acids is 2. The number of nitrogens with zero attached hydrogens (tertiary/aromatic N) is 1. The van der Waals surface area contributed by atoms with E-state index in [1.807, 2.05) is 19.1 Å². The van der Waals surface area contributed by atoms with E-state index in [-0.39, 0.29) is 24.4 Å². The highest BCUT2D eigenvalue weighted by Gasteiger charge is 2.16. The number of hydrogen-bond donors (Lipinski definition) is 3. The van der Waals surface area contributed by atoms with E-state index in [1.54, 1.807) is 24.5 Å². The summed E-state index contributed by atoms with van der Waals surface area (Å²) in [5.41, 5.74) is 3.80. The van der Waals surface area contributed by atoms with Gasteiger partial charge in [0.15, 0.2) is 0 Å². The van der Waals surface area contributed by atoms with Crippen molar-refractivity contribution >= 4 is 23.2 Å². The second kappa shape index (κ2) is 7.23. The summed E-state index contributed by atoms with van der Waals surface area (Å²) >= 11 is 0. The van der Waals surface area contributed by atoms with E-state index < -0.39 is 0 Å². The Bertz CT molecular complexity index is 746. The summed E-state index contributed by atoms with van der Waals surface area (Å²) in [6.45, 7) is 2.23. The maximum atomic E-state index is 12.0. The van der Waals surface area contributed by atoms with Crippen LogP contribution in [-0.4, -0.2) is 23.3 Å². The van der Waals surface area contributed by atoms with Gasteiger partial charge in [0.2, 0.25) is 11.8 Å². The van der Waals surface area contributed by atoms with Gasteiger partial charge in [0.25, 0.3) is 0 Å². The molecule has 0 aliphatic carbocycles. The summed E-state index contributed by atoms with van der Waals surface area (Å²) < 4.78 is 0. The molecule has 1 aromatic heterocycles. The van der Waals surface area contributed by atoms with Crippen molar-refractivity contribution in [2.24, 2.45) is 0 Å². The summed E-state index contributed by atoms with van der Waals surface area (Å²) in [5, 5.41) is 8.88. The molecule has 0 bridgehead atoms. The van der Waals surface area contributed by atoms with Gasteiger partial charge >= 0.3 is 0 Å².